The summed E-state index contributed by atoms with van der Waals surface area (Å²) < 4.78 is 0.734. The summed E-state index contributed by atoms with van der Waals surface area (Å²) in [6.45, 7) is 7.11. The second-order valence-electron chi connectivity index (χ2n) is 6.39. The van der Waals surface area contributed by atoms with E-state index < -0.39 is 0 Å². The average molecular weight is 314 g/mol. The van der Waals surface area contributed by atoms with Gasteiger partial charge in [0.2, 0.25) is 5.91 Å². The van der Waals surface area contributed by atoms with E-state index in [1.807, 2.05) is 0 Å². The van der Waals surface area contributed by atoms with Crippen molar-refractivity contribution < 1.29 is 4.79 Å². The van der Waals surface area contributed by atoms with E-state index in [2.05, 4.69) is 29.0 Å². The molecular weight excluding hydrogens is 294 g/mol. The van der Waals surface area contributed by atoms with Crippen molar-refractivity contribution in [1.82, 2.24) is 10.3 Å². The monoisotopic (exact) mass is 313 g/mol. The van der Waals surface area contributed by atoms with Crippen LogP contribution in [0.4, 0.5) is 5.13 Å². The Kier molecular flexibility index (Phi) is 3.45. The summed E-state index contributed by atoms with van der Waals surface area (Å²) in [4.78, 5) is 18.2. The number of carbonyl (C=O) groups is 1. The number of amides is 1. The minimum Gasteiger partial charge on any atom is -0.353 e. The van der Waals surface area contributed by atoms with E-state index in [9.17, 15) is 4.79 Å². The molecule has 2 heterocycles. The van der Waals surface area contributed by atoms with Crippen molar-refractivity contribution in [3.05, 3.63) is 10.5 Å². The molecule has 0 spiro atoms. The zero-order chi connectivity index (χ0) is 14.5. The Morgan fingerprint density at radius 1 is 1.60 bits per heavy atom. The van der Waals surface area contributed by atoms with Gasteiger partial charge < -0.3 is 10.2 Å². The van der Waals surface area contributed by atoms with Crippen LogP contribution >= 0.6 is 22.9 Å². The fourth-order valence-electron chi connectivity index (χ4n) is 4.05. The number of aromatic nitrogens is 1. The molecule has 0 aromatic carbocycles. The topological polar surface area (TPSA) is 45.2 Å². The smallest absolute Gasteiger partial charge is 0.217 e. The van der Waals surface area contributed by atoms with Crippen molar-refractivity contribution >= 4 is 34.0 Å². The maximum Gasteiger partial charge on any atom is 0.217 e. The van der Waals surface area contributed by atoms with Crippen molar-refractivity contribution in [2.75, 3.05) is 11.4 Å². The van der Waals surface area contributed by atoms with Gasteiger partial charge in [-0.15, -0.1) is 0 Å². The van der Waals surface area contributed by atoms with Crippen LogP contribution in [0.2, 0.25) is 4.34 Å². The number of fused-ring (bicyclic) bond motifs is 1. The summed E-state index contributed by atoms with van der Waals surface area (Å²) in [5, 5.41) is 4.15. The molecule has 2 aliphatic rings. The first-order valence-electron chi connectivity index (χ1n) is 7.06. The Hall–Kier alpha value is -0.810. The van der Waals surface area contributed by atoms with Gasteiger partial charge in [0.1, 0.15) is 4.34 Å². The SMILES string of the molecule is CC(=O)NC1C2CCCN(c3ncc(Cl)s3)C2C1(C)C. The molecule has 2 fully saturated rings. The van der Waals surface area contributed by atoms with Crippen LogP contribution in [-0.2, 0) is 4.79 Å². The van der Waals surface area contributed by atoms with Gasteiger partial charge >= 0.3 is 0 Å². The Bertz CT molecular complexity index is 530. The van der Waals surface area contributed by atoms with Gasteiger partial charge in [0.05, 0.1) is 6.20 Å². The highest BCUT2D eigenvalue weighted by molar-refractivity contribution is 7.19. The molecule has 1 aliphatic carbocycles. The highest BCUT2D eigenvalue weighted by Crippen LogP contribution is 2.53. The maximum atomic E-state index is 11.4. The highest BCUT2D eigenvalue weighted by atomic mass is 35.5. The second-order valence-corrected chi connectivity index (χ2v) is 8.03. The number of halogens is 1. The number of nitrogens with zero attached hydrogens (tertiary/aromatic N) is 2. The minimum absolute atomic E-state index is 0.0644. The van der Waals surface area contributed by atoms with Gasteiger partial charge in [0, 0.05) is 36.9 Å². The summed E-state index contributed by atoms with van der Waals surface area (Å²) in [6.07, 6.45) is 4.04. The van der Waals surface area contributed by atoms with Crippen molar-refractivity contribution in [1.29, 1.82) is 0 Å². The Morgan fingerprint density at radius 2 is 2.35 bits per heavy atom. The van der Waals surface area contributed by atoms with E-state index in [-0.39, 0.29) is 17.4 Å². The van der Waals surface area contributed by atoms with E-state index in [1.54, 1.807) is 24.5 Å². The van der Waals surface area contributed by atoms with Crippen molar-refractivity contribution in [2.45, 2.75) is 45.7 Å². The van der Waals surface area contributed by atoms with Crippen LogP contribution in [0.25, 0.3) is 0 Å². The molecule has 110 valence electrons. The molecule has 1 aliphatic heterocycles. The van der Waals surface area contributed by atoms with Gasteiger partial charge in [-0.1, -0.05) is 36.8 Å². The molecule has 0 bridgehead atoms. The van der Waals surface area contributed by atoms with Gasteiger partial charge in [0.15, 0.2) is 5.13 Å². The van der Waals surface area contributed by atoms with Crippen LogP contribution in [0.1, 0.15) is 33.6 Å². The largest absolute Gasteiger partial charge is 0.353 e. The van der Waals surface area contributed by atoms with Crippen LogP contribution < -0.4 is 10.2 Å². The number of nitrogens with one attached hydrogen (secondary N) is 1. The molecule has 3 unspecified atom stereocenters. The lowest BCUT2D eigenvalue weighted by Gasteiger charge is -2.64. The lowest BCUT2D eigenvalue weighted by Crippen LogP contribution is -2.74. The number of anilines is 1. The zero-order valence-electron chi connectivity index (χ0n) is 12.0. The molecule has 1 saturated heterocycles. The maximum absolute atomic E-state index is 11.4. The summed E-state index contributed by atoms with van der Waals surface area (Å²) in [7, 11) is 0. The molecule has 6 heteroatoms. The number of thiazole rings is 1. The van der Waals surface area contributed by atoms with Crippen LogP contribution in [0.3, 0.4) is 0 Å². The fraction of sp³-hybridized carbons (Fsp3) is 0.714. The quantitative estimate of drug-likeness (QED) is 0.913. The Morgan fingerprint density at radius 3 is 2.95 bits per heavy atom. The van der Waals surface area contributed by atoms with Crippen molar-refractivity contribution in [3.8, 4) is 0 Å². The van der Waals surface area contributed by atoms with E-state index in [0.29, 0.717) is 12.0 Å². The molecule has 1 aromatic rings. The molecule has 4 nitrogen and oxygen atoms in total. The summed E-state index contributed by atoms with van der Waals surface area (Å²) in [6, 6.07) is 0.707. The fourth-order valence-corrected chi connectivity index (χ4v) is 5.01. The van der Waals surface area contributed by atoms with Gasteiger partial charge in [-0.2, -0.15) is 0 Å². The van der Waals surface area contributed by atoms with Crippen molar-refractivity contribution in [3.63, 3.8) is 0 Å². The highest BCUT2D eigenvalue weighted by Gasteiger charge is 2.60. The summed E-state index contributed by atoms with van der Waals surface area (Å²) >= 11 is 7.57. The molecule has 1 N–H and O–H groups in total. The average Bonchev–Trinajstić information content (AvgIpc) is 2.82. The lowest BCUT2D eigenvalue weighted by molar-refractivity contribution is -0.125. The molecule has 3 rings (SSSR count). The number of carbonyl (C=O) groups excluding carboxylic acids is 1. The third-order valence-corrected chi connectivity index (χ3v) is 5.89. The predicted molar refractivity (Wildman–Crippen MR) is 82.4 cm³/mol. The Balaban J connectivity index is 1.85. The first-order valence-corrected chi connectivity index (χ1v) is 8.26. The lowest BCUT2D eigenvalue weighted by atomic mass is 9.52. The number of hydrogen-bond donors (Lipinski definition) is 1. The second kappa shape index (κ2) is 4.88. The summed E-state index contributed by atoms with van der Waals surface area (Å²) in [5.74, 6) is 0.585. The summed E-state index contributed by atoms with van der Waals surface area (Å²) in [5.41, 5.74) is 0.0644. The number of hydrogen-bond acceptors (Lipinski definition) is 4. The van der Waals surface area contributed by atoms with E-state index in [4.69, 9.17) is 11.6 Å². The number of rotatable bonds is 2. The van der Waals surface area contributed by atoms with Crippen LogP contribution in [-0.4, -0.2) is 29.5 Å². The molecule has 1 amide bonds. The number of piperidine rings is 1. The molecule has 1 aromatic heterocycles. The molecular formula is C14H20ClN3OS. The third-order valence-electron chi connectivity index (χ3n) is 4.74. The molecule has 20 heavy (non-hydrogen) atoms. The van der Waals surface area contributed by atoms with Crippen LogP contribution in [0.5, 0.6) is 0 Å². The van der Waals surface area contributed by atoms with Crippen LogP contribution in [0, 0.1) is 11.3 Å². The first-order chi connectivity index (χ1) is 9.41. The van der Waals surface area contributed by atoms with E-state index >= 15 is 0 Å². The Labute approximate surface area is 128 Å². The minimum atomic E-state index is 0.0644. The standard InChI is InChI=1S/C14H20ClN3OS/c1-8(19)17-11-9-5-4-6-18(12(9)14(11,2)3)13-16-7-10(15)20-13/h7,9,11-12H,4-6H2,1-3H3,(H,17,19). The first kappa shape index (κ1) is 14.1. The molecule has 0 radical (unpaired) electrons. The van der Waals surface area contributed by atoms with Gasteiger partial charge in [0.25, 0.3) is 0 Å². The van der Waals surface area contributed by atoms with Crippen molar-refractivity contribution in [2.24, 2.45) is 11.3 Å². The molecule has 3 atom stereocenters. The van der Waals surface area contributed by atoms with E-state index in [1.165, 1.54) is 6.42 Å². The van der Waals surface area contributed by atoms with E-state index in [0.717, 1.165) is 22.4 Å². The van der Waals surface area contributed by atoms with Gasteiger partial charge in [-0.25, -0.2) is 4.98 Å². The van der Waals surface area contributed by atoms with Crippen LogP contribution in [0.15, 0.2) is 6.20 Å². The molecule has 1 saturated carbocycles. The third kappa shape index (κ3) is 2.11. The normalized spacial score (nSPS) is 31.4. The predicted octanol–water partition coefficient (Wildman–Crippen LogP) is 2.93. The van der Waals surface area contributed by atoms with Gasteiger partial charge in [-0.05, 0) is 12.8 Å². The zero-order valence-corrected chi connectivity index (χ0v) is 13.6. The van der Waals surface area contributed by atoms with Gasteiger partial charge in [-0.3, -0.25) is 4.79 Å².